The molecule has 2 nitrogen and oxygen atoms in total. The molecule has 0 saturated carbocycles. The summed E-state index contributed by atoms with van der Waals surface area (Å²) in [5.41, 5.74) is 6.47. The molecule has 0 atom stereocenters. The average Bonchev–Trinajstić information content (AvgIpc) is 2.32. The summed E-state index contributed by atoms with van der Waals surface area (Å²) in [6.07, 6.45) is -4.34. The molecule has 0 spiro atoms. The smallest absolute Gasteiger partial charge is 0.399 e. The molecule has 0 aliphatic rings. The maximum atomic E-state index is 12.4. The van der Waals surface area contributed by atoms with Crippen molar-refractivity contribution in [1.29, 1.82) is 0 Å². The fourth-order valence-corrected chi connectivity index (χ4v) is 1.77. The van der Waals surface area contributed by atoms with Gasteiger partial charge in [0.2, 0.25) is 0 Å². The van der Waals surface area contributed by atoms with Crippen molar-refractivity contribution in [3.63, 3.8) is 0 Å². The molecular formula is C13H10ClF3N2. The highest BCUT2D eigenvalue weighted by Gasteiger charge is 2.29. The van der Waals surface area contributed by atoms with Crippen LogP contribution < -0.4 is 11.1 Å². The number of anilines is 3. The number of nitrogens with one attached hydrogen (secondary N) is 1. The Morgan fingerprint density at radius 2 is 1.63 bits per heavy atom. The Morgan fingerprint density at radius 1 is 1.00 bits per heavy atom. The molecule has 0 fully saturated rings. The monoisotopic (exact) mass is 286 g/mol. The van der Waals surface area contributed by atoms with Crippen LogP contribution in [0, 0.1) is 0 Å². The van der Waals surface area contributed by atoms with E-state index < -0.39 is 11.7 Å². The third-order valence-electron chi connectivity index (χ3n) is 2.48. The van der Waals surface area contributed by atoms with Gasteiger partial charge in [-0.05, 0) is 42.5 Å². The molecule has 0 aliphatic heterocycles. The minimum atomic E-state index is -4.34. The lowest BCUT2D eigenvalue weighted by molar-refractivity contribution is -0.137. The molecule has 100 valence electrons. The van der Waals surface area contributed by atoms with Gasteiger partial charge in [-0.15, -0.1) is 0 Å². The zero-order valence-corrected chi connectivity index (χ0v) is 10.4. The lowest BCUT2D eigenvalue weighted by Gasteiger charge is -2.11. The van der Waals surface area contributed by atoms with E-state index in [1.807, 2.05) is 0 Å². The van der Waals surface area contributed by atoms with E-state index in [0.29, 0.717) is 22.1 Å². The number of benzene rings is 2. The molecule has 0 bridgehead atoms. The molecule has 2 aromatic rings. The van der Waals surface area contributed by atoms with E-state index >= 15 is 0 Å². The Labute approximate surface area is 113 Å². The van der Waals surface area contributed by atoms with Crippen LogP contribution in [-0.4, -0.2) is 0 Å². The predicted molar refractivity (Wildman–Crippen MR) is 70.6 cm³/mol. The van der Waals surface area contributed by atoms with E-state index in [4.69, 9.17) is 17.3 Å². The van der Waals surface area contributed by atoms with Crippen molar-refractivity contribution in [3.8, 4) is 0 Å². The summed E-state index contributed by atoms with van der Waals surface area (Å²) in [5.74, 6) is 0. The van der Waals surface area contributed by atoms with Gasteiger partial charge in [0.05, 0.1) is 16.3 Å². The molecule has 3 N–H and O–H groups in total. The molecule has 0 heterocycles. The van der Waals surface area contributed by atoms with Crippen LogP contribution in [0.5, 0.6) is 0 Å². The molecule has 0 amide bonds. The van der Waals surface area contributed by atoms with Crippen molar-refractivity contribution in [1.82, 2.24) is 0 Å². The van der Waals surface area contributed by atoms with Gasteiger partial charge in [0.25, 0.3) is 0 Å². The summed E-state index contributed by atoms with van der Waals surface area (Å²) in [6.45, 7) is 0. The SMILES string of the molecule is Nc1ccc(Nc2ccc(C(F)(F)F)cc2)c(Cl)c1. The van der Waals surface area contributed by atoms with Gasteiger partial charge in [-0.3, -0.25) is 0 Å². The molecule has 6 heteroatoms. The topological polar surface area (TPSA) is 38.0 Å². The van der Waals surface area contributed by atoms with E-state index in [0.717, 1.165) is 12.1 Å². The van der Waals surface area contributed by atoms with Gasteiger partial charge in [-0.1, -0.05) is 11.6 Å². The van der Waals surface area contributed by atoms with Crippen molar-refractivity contribution >= 4 is 28.7 Å². The van der Waals surface area contributed by atoms with Crippen LogP contribution in [-0.2, 0) is 6.18 Å². The number of nitrogens with two attached hydrogens (primary N) is 1. The van der Waals surface area contributed by atoms with Gasteiger partial charge >= 0.3 is 6.18 Å². The largest absolute Gasteiger partial charge is 0.416 e. The second-order valence-corrected chi connectivity index (χ2v) is 4.35. The Kier molecular flexibility index (Phi) is 3.57. The van der Waals surface area contributed by atoms with Crippen LogP contribution in [0.25, 0.3) is 0 Å². The van der Waals surface area contributed by atoms with Crippen molar-refractivity contribution in [2.45, 2.75) is 6.18 Å². The predicted octanol–water partition coefficient (Wildman–Crippen LogP) is 4.68. The number of rotatable bonds is 2. The number of nitrogen functional groups attached to an aromatic ring is 1. The van der Waals surface area contributed by atoms with Crippen LogP contribution in [0.2, 0.25) is 5.02 Å². The summed E-state index contributed by atoms with van der Waals surface area (Å²) >= 11 is 5.96. The Balaban J connectivity index is 2.20. The summed E-state index contributed by atoms with van der Waals surface area (Å²) in [7, 11) is 0. The first-order valence-corrected chi connectivity index (χ1v) is 5.73. The average molecular weight is 287 g/mol. The van der Waals surface area contributed by atoms with Gasteiger partial charge in [-0.25, -0.2) is 0 Å². The molecule has 0 aromatic heterocycles. The summed E-state index contributed by atoms with van der Waals surface area (Å²) < 4.78 is 37.2. The van der Waals surface area contributed by atoms with Crippen LogP contribution in [0.15, 0.2) is 42.5 Å². The number of halogens is 4. The summed E-state index contributed by atoms with van der Waals surface area (Å²) in [4.78, 5) is 0. The van der Waals surface area contributed by atoms with E-state index in [1.165, 1.54) is 12.1 Å². The second kappa shape index (κ2) is 5.01. The molecule has 2 aromatic carbocycles. The maximum Gasteiger partial charge on any atom is 0.416 e. The van der Waals surface area contributed by atoms with Crippen LogP contribution in [0.3, 0.4) is 0 Å². The van der Waals surface area contributed by atoms with Crippen molar-refractivity contribution in [2.75, 3.05) is 11.1 Å². The van der Waals surface area contributed by atoms with Crippen molar-refractivity contribution < 1.29 is 13.2 Å². The molecule has 0 aliphatic carbocycles. The van der Waals surface area contributed by atoms with E-state index in [-0.39, 0.29) is 0 Å². The molecule has 2 rings (SSSR count). The highest BCUT2D eigenvalue weighted by molar-refractivity contribution is 6.33. The van der Waals surface area contributed by atoms with E-state index in [2.05, 4.69) is 5.32 Å². The normalized spacial score (nSPS) is 11.4. The third kappa shape index (κ3) is 3.32. The van der Waals surface area contributed by atoms with Crippen LogP contribution in [0.1, 0.15) is 5.56 Å². The molecular weight excluding hydrogens is 277 g/mol. The Hall–Kier alpha value is -1.88. The lowest BCUT2D eigenvalue weighted by atomic mass is 10.2. The van der Waals surface area contributed by atoms with Gasteiger partial charge in [0.15, 0.2) is 0 Å². The minimum absolute atomic E-state index is 0.403. The van der Waals surface area contributed by atoms with Crippen molar-refractivity contribution in [3.05, 3.63) is 53.1 Å². The second-order valence-electron chi connectivity index (χ2n) is 3.94. The molecule has 0 unspecified atom stereocenters. The van der Waals surface area contributed by atoms with Gasteiger partial charge in [0, 0.05) is 11.4 Å². The Bertz CT molecular complexity index is 579. The first-order valence-electron chi connectivity index (χ1n) is 5.35. The highest BCUT2D eigenvalue weighted by Crippen LogP contribution is 2.31. The number of hydrogen-bond donors (Lipinski definition) is 2. The van der Waals surface area contributed by atoms with Crippen LogP contribution in [0.4, 0.5) is 30.2 Å². The maximum absolute atomic E-state index is 12.4. The summed E-state index contributed by atoms with van der Waals surface area (Å²) in [6, 6.07) is 9.58. The van der Waals surface area contributed by atoms with Gasteiger partial charge in [-0.2, -0.15) is 13.2 Å². The number of alkyl halides is 3. The van der Waals surface area contributed by atoms with E-state index in [1.54, 1.807) is 18.2 Å². The molecule has 0 radical (unpaired) electrons. The quantitative estimate of drug-likeness (QED) is 0.786. The third-order valence-corrected chi connectivity index (χ3v) is 2.80. The van der Waals surface area contributed by atoms with Gasteiger partial charge in [0.1, 0.15) is 0 Å². The first-order chi connectivity index (χ1) is 8.86. The fraction of sp³-hybridized carbons (Fsp3) is 0.0769. The van der Waals surface area contributed by atoms with Gasteiger partial charge < -0.3 is 11.1 Å². The molecule has 19 heavy (non-hydrogen) atoms. The summed E-state index contributed by atoms with van der Waals surface area (Å²) in [5, 5.41) is 3.33. The van der Waals surface area contributed by atoms with Crippen LogP contribution >= 0.6 is 11.6 Å². The molecule has 0 saturated heterocycles. The standard InChI is InChI=1S/C13H10ClF3N2/c14-11-7-9(18)3-6-12(11)19-10-4-1-8(2-5-10)13(15,16)17/h1-7,19H,18H2. The zero-order chi connectivity index (χ0) is 14.0. The first kappa shape index (κ1) is 13.5. The minimum Gasteiger partial charge on any atom is -0.399 e. The van der Waals surface area contributed by atoms with E-state index in [9.17, 15) is 13.2 Å². The van der Waals surface area contributed by atoms with Crippen molar-refractivity contribution in [2.24, 2.45) is 0 Å². The highest BCUT2D eigenvalue weighted by atomic mass is 35.5. The number of hydrogen-bond acceptors (Lipinski definition) is 2. The fourth-order valence-electron chi connectivity index (χ4n) is 1.53. The zero-order valence-electron chi connectivity index (χ0n) is 9.63. The Morgan fingerprint density at radius 3 is 2.16 bits per heavy atom. The lowest BCUT2D eigenvalue weighted by Crippen LogP contribution is -2.04.